The van der Waals surface area contributed by atoms with E-state index in [1.165, 1.54) is 12.0 Å². The Hall–Kier alpha value is -0.820. The minimum Gasteiger partial charge on any atom is -0.392 e. The molecule has 5 atom stereocenters. The van der Waals surface area contributed by atoms with Crippen LogP contribution in [0.5, 0.6) is 0 Å². The van der Waals surface area contributed by atoms with Crippen molar-refractivity contribution in [3.05, 3.63) is 35.4 Å². The van der Waals surface area contributed by atoms with Crippen molar-refractivity contribution in [2.24, 2.45) is 11.8 Å². The van der Waals surface area contributed by atoms with Crippen LogP contribution in [0.25, 0.3) is 0 Å². The summed E-state index contributed by atoms with van der Waals surface area (Å²) in [6.07, 6.45) is 2.32. The van der Waals surface area contributed by atoms with Crippen LogP contribution in [0, 0.1) is 11.8 Å². The predicted octanol–water partition coefficient (Wildman–Crippen LogP) is 2.27. The van der Waals surface area contributed by atoms with E-state index >= 15 is 0 Å². The molecule has 2 saturated carbocycles. The van der Waals surface area contributed by atoms with Crippen LogP contribution in [0.3, 0.4) is 0 Å². The lowest BCUT2D eigenvalue weighted by atomic mass is 9.66. The molecule has 1 aromatic rings. The van der Waals surface area contributed by atoms with Crippen LogP contribution < -0.4 is 0 Å². The van der Waals surface area contributed by atoms with E-state index in [1.54, 1.807) is 5.56 Å². The van der Waals surface area contributed by atoms with Gasteiger partial charge in [-0.25, -0.2) is 0 Å². The van der Waals surface area contributed by atoms with Crippen molar-refractivity contribution in [1.29, 1.82) is 0 Å². The van der Waals surface area contributed by atoms with Gasteiger partial charge in [0.2, 0.25) is 0 Å². The maximum Gasteiger partial charge on any atom is 0.0617 e. The molecule has 0 radical (unpaired) electrons. The molecule has 0 saturated heterocycles. The molecule has 5 rings (SSSR count). The van der Waals surface area contributed by atoms with Crippen LogP contribution in [0.4, 0.5) is 0 Å². The Bertz CT molecular complexity index is 396. The normalized spacial score (nSPS) is 47.1. The summed E-state index contributed by atoms with van der Waals surface area (Å²) in [4.78, 5) is 0. The summed E-state index contributed by atoms with van der Waals surface area (Å²) in [5, 5.41) is 10.0. The first-order valence-corrected chi connectivity index (χ1v) is 5.63. The van der Waals surface area contributed by atoms with Gasteiger partial charge in [0.05, 0.1) is 6.10 Å². The highest BCUT2D eigenvalue weighted by atomic mass is 16.3. The lowest BCUT2D eigenvalue weighted by Crippen LogP contribution is -2.35. The Morgan fingerprint density at radius 1 is 1.00 bits per heavy atom. The molecule has 4 aliphatic rings. The maximum absolute atomic E-state index is 10.0. The first-order chi connectivity index (χ1) is 6.86. The summed E-state index contributed by atoms with van der Waals surface area (Å²) in [6, 6.07) is 8.75. The Labute approximate surface area is 83.8 Å². The highest BCUT2D eigenvalue weighted by molar-refractivity contribution is 5.44. The average Bonchev–Trinajstić information content (AvgIpc) is 2.98. The maximum atomic E-state index is 10.0. The van der Waals surface area contributed by atoms with Crippen molar-refractivity contribution in [2.75, 3.05) is 0 Å². The molecule has 0 amide bonds. The molecule has 1 heteroatoms. The zero-order valence-corrected chi connectivity index (χ0v) is 8.06. The summed E-state index contributed by atoms with van der Waals surface area (Å²) in [5.74, 6) is 2.88. The fraction of sp³-hybridized carbons (Fsp3) is 0.538. The summed E-state index contributed by atoms with van der Waals surface area (Å²) < 4.78 is 0. The SMILES string of the molecule is O[C@@H]1C[C@H]2c3ccccc3[C@H]1[C@@H]1C[C@H]12. The number of rotatable bonds is 0. The van der Waals surface area contributed by atoms with Gasteiger partial charge in [-0.15, -0.1) is 0 Å². The molecule has 14 heavy (non-hydrogen) atoms. The smallest absolute Gasteiger partial charge is 0.0617 e. The molecule has 1 N–H and O–H groups in total. The van der Waals surface area contributed by atoms with Crippen LogP contribution in [0.15, 0.2) is 24.3 Å². The molecule has 72 valence electrons. The van der Waals surface area contributed by atoms with Gasteiger partial charge in [-0.1, -0.05) is 24.3 Å². The largest absolute Gasteiger partial charge is 0.392 e. The second kappa shape index (κ2) is 2.22. The monoisotopic (exact) mass is 186 g/mol. The average molecular weight is 186 g/mol. The van der Waals surface area contributed by atoms with E-state index in [2.05, 4.69) is 24.3 Å². The quantitative estimate of drug-likeness (QED) is 0.659. The Morgan fingerprint density at radius 3 is 2.64 bits per heavy atom. The number of aliphatic hydroxyl groups is 1. The van der Waals surface area contributed by atoms with Crippen LogP contribution >= 0.6 is 0 Å². The molecule has 1 nitrogen and oxygen atoms in total. The summed E-state index contributed by atoms with van der Waals surface area (Å²) in [6.45, 7) is 0. The van der Waals surface area contributed by atoms with E-state index in [0.29, 0.717) is 11.8 Å². The molecule has 0 spiro atoms. The number of benzene rings is 1. The van der Waals surface area contributed by atoms with Crippen molar-refractivity contribution >= 4 is 0 Å². The second-order valence-electron chi connectivity index (χ2n) is 5.13. The molecule has 2 bridgehead atoms. The third-order valence-corrected chi connectivity index (χ3v) is 4.53. The van der Waals surface area contributed by atoms with Gasteiger partial charge in [-0.2, -0.15) is 0 Å². The fourth-order valence-corrected chi connectivity index (χ4v) is 3.93. The van der Waals surface area contributed by atoms with Crippen LogP contribution in [0.1, 0.15) is 35.8 Å². The second-order valence-corrected chi connectivity index (χ2v) is 5.13. The molecular weight excluding hydrogens is 172 g/mol. The van der Waals surface area contributed by atoms with Gasteiger partial charge in [-0.05, 0) is 41.7 Å². The Morgan fingerprint density at radius 2 is 1.79 bits per heavy atom. The minimum absolute atomic E-state index is 0.0568. The molecule has 1 aromatic carbocycles. The van der Waals surface area contributed by atoms with Crippen molar-refractivity contribution in [2.45, 2.75) is 30.8 Å². The van der Waals surface area contributed by atoms with E-state index in [9.17, 15) is 5.11 Å². The van der Waals surface area contributed by atoms with Crippen LogP contribution in [0.2, 0.25) is 0 Å². The van der Waals surface area contributed by atoms with Crippen molar-refractivity contribution < 1.29 is 5.11 Å². The minimum atomic E-state index is -0.0568. The zero-order valence-electron chi connectivity index (χ0n) is 8.06. The van der Waals surface area contributed by atoms with E-state index in [4.69, 9.17) is 0 Å². The summed E-state index contributed by atoms with van der Waals surface area (Å²) in [5.41, 5.74) is 3.00. The molecule has 0 unspecified atom stereocenters. The van der Waals surface area contributed by atoms with Gasteiger partial charge in [0.25, 0.3) is 0 Å². The van der Waals surface area contributed by atoms with Crippen molar-refractivity contribution in [3.8, 4) is 0 Å². The Balaban J connectivity index is 1.96. The molecule has 2 fully saturated rings. The number of hydrogen-bond acceptors (Lipinski definition) is 1. The van der Waals surface area contributed by atoms with Crippen molar-refractivity contribution in [1.82, 2.24) is 0 Å². The number of fused-ring (bicyclic) bond motifs is 1. The standard InChI is InChI=1S/C13H14O/c14-12-6-10-7-3-1-2-4-8(7)13(12)11-5-9(10)11/h1-4,9-14H,5-6H2/t9-,10-,11+,12+,13-/m0/s1. The molecule has 0 heterocycles. The topological polar surface area (TPSA) is 20.2 Å². The van der Waals surface area contributed by atoms with E-state index < -0.39 is 0 Å². The van der Waals surface area contributed by atoms with E-state index in [-0.39, 0.29) is 6.10 Å². The van der Waals surface area contributed by atoms with E-state index in [1.807, 2.05) is 0 Å². The molecule has 0 aliphatic heterocycles. The third kappa shape index (κ3) is 0.718. The fourth-order valence-electron chi connectivity index (χ4n) is 3.93. The molecular formula is C13H14O. The van der Waals surface area contributed by atoms with Crippen molar-refractivity contribution in [3.63, 3.8) is 0 Å². The number of aliphatic hydroxyl groups excluding tert-OH is 1. The van der Waals surface area contributed by atoms with Gasteiger partial charge < -0.3 is 5.11 Å². The first-order valence-electron chi connectivity index (χ1n) is 5.63. The van der Waals surface area contributed by atoms with Gasteiger partial charge in [-0.3, -0.25) is 0 Å². The van der Waals surface area contributed by atoms with Crippen LogP contribution in [-0.4, -0.2) is 11.2 Å². The lowest BCUT2D eigenvalue weighted by molar-refractivity contribution is 0.0773. The third-order valence-electron chi connectivity index (χ3n) is 4.53. The van der Waals surface area contributed by atoms with Gasteiger partial charge >= 0.3 is 0 Å². The molecule has 4 aliphatic carbocycles. The highest BCUT2D eigenvalue weighted by Crippen LogP contribution is 2.66. The number of hydrogen-bond donors (Lipinski definition) is 1. The first kappa shape index (κ1) is 7.47. The zero-order chi connectivity index (χ0) is 9.28. The van der Waals surface area contributed by atoms with Gasteiger partial charge in [0, 0.05) is 5.92 Å². The van der Waals surface area contributed by atoms with Crippen LogP contribution in [-0.2, 0) is 0 Å². The summed E-state index contributed by atoms with van der Waals surface area (Å²) in [7, 11) is 0. The van der Waals surface area contributed by atoms with Gasteiger partial charge in [0.15, 0.2) is 0 Å². The van der Waals surface area contributed by atoms with Gasteiger partial charge in [0.1, 0.15) is 0 Å². The molecule has 0 aromatic heterocycles. The lowest BCUT2D eigenvalue weighted by Gasteiger charge is -2.41. The summed E-state index contributed by atoms with van der Waals surface area (Å²) >= 11 is 0. The predicted molar refractivity (Wildman–Crippen MR) is 54.1 cm³/mol. The van der Waals surface area contributed by atoms with E-state index in [0.717, 1.165) is 18.3 Å². The highest BCUT2D eigenvalue weighted by Gasteiger charge is 2.58. The Kier molecular flexibility index (Phi) is 1.18.